The molecular formula is C12H24N2. The smallest absolute Gasteiger partial charge is 0.0391 e. The average Bonchev–Trinajstić information content (AvgIpc) is 2.22. The van der Waals surface area contributed by atoms with Crippen molar-refractivity contribution in [2.24, 2.45) is 4.99 Å². The minimum atomic E-state index is 1.11. The summed E-state index contributed by atoms with van der Waals surface area (Å²) >= 11 is 0. The van der Waals surface area contributed by atoms with Crippen molar-refractivity contribution in [2.75, 3.05) is 14.1 Å². The lowest BCUT2D eigenvalue weighted by Gasteiger charge is -2.10. The largest absolute Gasteiger partial charge is 0.391 e. The molecule has 0 radical (unpaired) electrons. The van der Waals surface area contributed by atoms with Crippen LogP contribution in [0.15, 0.2) is 16.3 Å². The molecular weight excluding hydrogens is 172 g/mol. The Morgan fingerprint density at radius 1 is 1.21 bits per heavy atom. The van der Waals surface area contributed by atoms with Crippen LogP contribution >= 0.6 is 0 Å². The van der Waals surface area contributed by atoms with Gasteiger partial charge in [-0.25, -0.2) is 0 Å². The molecule has 0 aliphatic heterocycles. The Labute approximate surface area is 88.5 Å². The number of unbranched alkanes of at least 4 members (excludes halogenated alkanes) is 2. The molecule has 2 nitrogen and oxygen atoms in total. The lowest BCUT2D eigenvalue weighted by molar-refractivity contribution is 0.740. The van der Waals surface area contributed by atoms with Gasteiger partial charge in [-0.05, 0) is 32.3 Å². The van der Waals surface area contributed by atoms with Crippen molar-refractivity contribution in [3.8, 4) is 0 Å². The van der Waals surface area contributed by atoms with Crippen LogP contribution < -0.4 is 5.32 Å². The second-order valence-corrected chi connectivity index (χ2v) is 3.63. The second kappa shape index (κ2) is 7.60. The van der Waals surface area contributed by atoms with E-state index in [0.29, 0.717) is 0 Å². The second-order valence-electron chi connectivity index (χ2n) is 3.63. The van der Waals surface area contributed by atoms with E-state index >= 15 is 0 Å². The summed E-state index contributed by atoms with van der Waals surface area (Å²) in [6.07, 6.45) is 4.92. The first kappa shape index (κ1) is 13.2. The predicted molar refractivity (Wildman–Crippen MR) is 64.9 cm³/mol. The lowest BCUT2D eigenvalue weighted by atomic mass is 10.0. The molecule has 0 heterocycles. The van der Waals surface area contributed by atoms with Crippen LogP contribution in [-0.4, -0.2) is 19.8 Å². The molecule has 2 heteroatoms. The van der Waals surface area contributed by atoms with E-state index in [-0.39, 0.29) is 0 Å². The minimum absolute atomic E-state index is 1.11. The van der Waals surface area contributed by atoms with Gasteiger partial charge in [-0.3, -0.25) is 4.99 Å². The maximum absolute atomic E-state index is 4.35. The average molecular weight is 196 g/mol. The number of nitrogens with one attached hydrogen (secondary N) is 1. The van der Waals surface area contributed by atoms with E-state index in [1.54, 1.807) is 0 Å². The van der Waals surface area contributed by atoms with Crippen molar-refractivity contribution < 1.29 is 0 Å². The molecule has 0 aromatic heterocycles. The molecule has 82 valence electrons. The van der Waals surface area contributed by atoms with Crippen LogP contribution in [0, 0.1) is 0 Å². The van der Waals surface area contributed by atoms with E-state index in [9.17, 15) is 0 Å². The van der Waals surface area contributed by atoms with Gasteiger partial charge in [0.05, 0.1) is 0 Å². The molecule has 0 aromatic carbocycles. The molecule has 1 N–H and O–H groups in total. The van der Waals surface area contributed by atoms with Crippen LogP contribution in [0.25, 0.3) is 0 Å². The zero-order valence-corrected chi connectivity index (χ0v) is 10.3. The summed E-state index contributed by atoms with van der Waals surface area (Å²) in [5, 5.41) is 3.17. The number of hydrogen-bond acceptors (Lipinski definition) is 2. The molecule has 0 aliphatic rings. The zero-order valence-electron chi connectivity index (χ0n) is 10.3. The topological polar surface area (TPSA) is 24.4 Å². The normalized spacial score (nSPS) is 13.9. The standard InChI is InChI=1S/C12H24N2/c1-6-7-8-9-12(14-5)10(2)11(3)13-4/h13H,6-9H2,1-5H3/b11-10+,14-12?. The molecule has 0 amide bonds. The molecule has 14 heavy (non-hydrogen) atoms. The predicted octanol–water partition coefficient (Wildman–Crippen LogP) is 3.15. The molecule has 0 aliphatic carbocycles. The van der Waals surface area contributed by atoms with E-state index in [4.69, 9.17) is 0 Å². The van der Waals surface area contributed by atoms with Crippen molar-refractivity contribution in [2.45, 2.75) is 46.5 Å². The summed E-state index contributed by atoms with van der Waals surface area (Å²) in [5.74, 6) is 0. The number of nitrogens with zero attached hydrogens (tertiary/aromatic N) is 1. The van der Waals surface area contributed by atoms with Crippen LogP contribution in [-0.2, 0) is 0 Å². The molecule has 0 spiro atoms. The first-order chi connectivity index (χ1) is 6.67. The third-order valence-corrected chi connectivity index (χ3v) is 2.66. The van der Waals surface area contributed by atoms with Gasteiger partial charge in [-0.1, -0.05) is 19.8 Å². The quantitative estimate of drug-likeness (QED) is 0.512. The highest BCUT2D eigenvalue weighted by Gasteiger charge is 2.03. The Balaban J connectivity index is 4.29. The number of allylic oxidation sites excluding steroid dienone is 2. The van der Waals surface area contributed by atoms with Crippen molar-refractivity contribution in [1.29, 1.82) is 0 Å². The van der Waals surface area contributed by atoms with E-state index in [1.165, 1.54) is 36.2 Å². The van der Waals surface area contributed by atoms with Gasteiger partial charge in [0.1, 0.15) is 0 Å². The van der Waals surface area contributed by atoms with Crippen LogP contribution in [0.1, 0.15) is 46.5 Å². The van der Waals surface area contributed by atoms with Crippen LogP contribution in [0.4, 0.5) is 0 Å². The van der Waals surface area contributed by atoms with E-state index in [2.05, 4.69) is 31.1 Å². The highest BCUT2D eigenvalue weighted by Crippen LogP contribution is 2.10. The maximum atomic E-state index is 4.35. The Morgan fingerprint density at radius 3 is 2.29 bits per heavy atom. The first-order valence-electron chi connectivity index (χ1n) is 5.48. The number of aliphatic imine (C=N–C) groups is 1. The van der Waals surface area contributed by atoms with Crippen molar-refractivity contribution >= 4 is 5.71 Å². The zero-order chi connectivity index (χ0) is 11.0. The summed E-state index contributed by atoms with van der Waals surface area (Å²) in [4.78, 5) is 4.35. The third-order valence-electron chi connectivity index (χ3n) is 2.66. The van der Waals surface area contributed by atoms with Crippen LogP contribution in [0.3, 0.4) is 0 Å². The van der Waals surface area contributed by atoms with Gasteiger partial charge < -0.3 is 5.32 Å². The molecule has 0 saturated carbocycles. The molecule has 0 unspecified atom stereocenters. The van der Waals surface area contributed by atoms with Crippen molar-refractivity contribution in [1.82, 2.24) is 5.32 Å². The van der Waals surface area contributed by atoms with Crippen LogP contribution in [0.5, 0.6) is 0 Å². The molecule has 0 fully saturated rings. The minimum Gasteiger partial charge on any atom is -0.391 e. The van der Waals surface area contributed by atoms with Crippen molar-refractivity contribution in [3.05, 3.63) is 11.3 Å². The van der Waals surface area contributed by atoms with Gasteiger partial charge in [0, 0.05) is 25.5 Å². The fourth-order valence-corrected chi connectivity index (χ4v) is 1.41. The number of hydrogen-bond donors (Lipinski definition) is 1. The molecule has 0 rings (SSSR count). The van der Waals surface area contributed by atoms with Gasteiger partial charge in [0.2, 0.25) is 0 Å². The van der Waals surface area contributed by atoms with Crippen molar-refractivity contribution in [3.63, 3.8) is 0 Å². The Morgan fingerprint density at radius 2 is 1.86 bits per heavy atom. The Hall–Kier alpha value is -0.790. The summed E-state index contributed by atoms with van der Waals surface area (Å²) in [5.41, 5.74) is 3.76. The van der Waals surface area contributed by atoms with Gasteiger partial charge in [-0.15, -0.1) is 0 Å². The molecule has 0 aromatic rings. The highest BCUT2D eigenvalue weighted by molar-refractivity contribution is 6.00. The van der Waals surface area contributed by atoms with Crippen LogP contribution in [0.2, 0.25) is 0 Å². The van der Waals surface area contributed by atoms with E-state index < -0.39 is 0 Å². The Kier molecular flexibility index (Phi) is 7.17. The fourth-order valence-electron chi connectivity index (χ4n) is 1.41. The number of rotatable bonds is 6. The van der Waals surface area contributed by atoms with Gasteiger partial charge in [-0.2, -0.15) is 0 Å². The lowest BCUT2D eigenvalue weighted by Crippen LogP contribution is -2.10. The fraction of sp³-hybridized carbons (Fsp3) is 0.750. The SMILES string of the molecule is CCCCCC(=NC)/C(C)=C(\C)NC. The molecule has 0 atom stereocenters. The van der Waals surface area contributed by atoms with E-state index in [1.807, 2.05) is 14.1 Å². The highest BCUT2D eigenvalue weighted by atomic mass is 14.8. The molecule has 0 bridgehead atoms. The Bertz CT molecular complexity index is 214. The van der Waals surface area contributed by atoms with Gasteiger partial charge in [0.15, 0.2) is 0 Å². The first-order valence-corrected chi connectivity index (χ1v) is 5.48. The maximum Gasteiger partial charge on any atom is 0.0391 e. The summed E-state index contributed by atoms with van der Waals surface area (Å²) in [7, 11) is 3.84. The van der Waals surface area contributed by atoms with Gasteiger partial charge >= 0.3 is 0 Å². The molecule has 0 saturated heterocycles. The summed E-state index contributed by atoms with van der Waals surface area (Å²) < 4.78 is 0. The van der Waals surface area contributed by atoms with E-state index in [0.717, 1.165) is 6.42 Å². The summed E-state index contributed by atoms with van der Waals surface area (Å²) in [6, 6.07) is 0. The summed E-state index contributed by atoms with van der Waals surface area (Å²) in [6.45, 7) is 6.46. The third kappa shape index (κ3) is 4.45. The monoisotopic (exact) mass is 196 g/mol. The van der Waals surface area contributed by atoms with Gasteiger partial charge in [0.25, 0.3) is 0 Å².